The van der Waals surface area contributed by atoms with Gasteiger partial charge in [0.2, 0.25) is 5.91 Å². The first kappa shape index (κ1) is 15.5. The molecule has 0 aliphatic carbocycles. The summed E-state index contributed by atoms with van der Waals surface area (Å²) in [5, 5.41) is 12.1. The lowest BCUT2D eigenvalue weighted by atomic mass is 9.93. The monoisotopic (exact) mass is 285 g/mol. The molecule has 1 amide bonds. The van der Waals surface area contributed by atoms with Crippen molar-refractivity contribution in [1.82, 2.24) is 10.2 Å². The number of hydrogen-bond donors (Lipinski definition) is 1. The smallest absolute Gasteiger partial charge is 0.241 e. The summed E-state index contributed by atoms with van der Waals surface area (Å²) in [4.78, 5) is 14.5. The molecule has 1 heterocycles. The van der Waals surface area contributed by atoms with Crippen LogP contribution in [0.1, 0.15) is 30.7 Å². The number of likely N-dealkylation sites (tertiary alicyclic amines) is 1. The van der Waals surface area contributed by atoms with E-state index in [1.54, 1.807) is 0 Å². The van der Waals surface area contributed by atoms with E-state index in [2.05, 4.69) is 23.3 Å². The van der Waals surface area contributed by atoms with Gasteiger partial charge in [0.15, 0.2) is 0 Å². The van der Waals surface area contributed by atoms with Gasteiger partial charge in [-0.05, 0) is 50.9 Å². The Balaban J connectivity index is 1.77. The van der Waals surface area contributed by atoms with Crippen LogP contribution in [0.4, 0.5) is 0 Å². The van der Waals surface area contributed by atoms with Crippen LogP contribution < -0.4 is 5.32 Å². The second-order valence-electron chi connectivity index (χ2n) is 5.80. The van der Waals surface area contributed by atoms with Crippen LogP contribution in [0.25, 0.3) is 0 Å². The van der Waals surface area contributed by atoms with Crippen LogP contribution >= 0.6 is 0 Å². The molecule has 1 aliphatic rings. The number of carbonyl (C=O) groups is 1. The Kier molecular flexibility index (Phi) is 5.77. The molecular weight excluding hydrogens is 262 g/mol. The Hall–Kier alpha value is -1.86. The van der Waals surface area contributed by atoms with Gasteiger partial charge in [-0.1, -0.05) is 30.3 Å². The number of amides is 1. The summed E-state index contributed by atoms with van der Waals surface area (Å²) < 4.78 is 0. The molecule has 0 bridgehead atoms. The van der Waals surface area contributed by atoms with Crippen molar-refractivity contribution in [2.75, 3.05) is 26.7 Å². The third-order valence-electron chi connectivity index (χ3n) is 4.21. The molecule has 0 saturated carbocycles. The fourth-order valence-corrected chi connectivity index (χ4v) is 2.78. The number of nitriles is 1. The highest BCUT2D eigenvalue weighted by Gasteiger charge is 2.20. The average Bonchev–Trinajstić information content (AvgIpc) is 2.51. The zero-order chi connectivity index (χ0) is 15.1. The van der Waals surface area contributed by atoms with E-state index in [4.69, 9.17) is 0 Å². The maximum absolute atomic E-state index is 12.1. The second kappa shape index (κ2) is 7.80. The highest BCUT2D eigenvalue weighted by atomic mass is 16.1. The van der Waals surface area contributed by atoms with Gasteiger partial charge in [0.1, 0.15) is 5.92 Å². The highest BCUT2D eigenvalue weighted by molar-refractivity contribution is 5.86. The summed E-state index contributed by atoms with van der Waals surface area (Å²) in [5.74, 6) is -0.195. The summed E-state index contributed by atoms with van der Waals surface area (Å²) in [6.07, 6.45) is 3.41. The molecule has 0 radical (unpaired) electrons. The topological polar surface area (TPSA) is 56.1 Å². The molecular formula is C17H23N3O. The number of hydrogen-bond acceptors (Lipinski definition) is 3. The van der Waals surface area contributed by atoms with Crippen molar-refractivity contribution in [3.8, 4) is 6.07 Å². The lowest BCUT2D eigenvalue weighted by molar-refractivity contribution is -0.121. The van der Waals surface area contributed by atoms with E-state index in [0.29, 0.717) is 12.5 Å². The predicted molar refractivity (Wildman–Crippen MR) is 82.6 cm³/mol. The van der Waals surface area contributed by atoms with Crippen LogP contribution in [0, 0.1) is 17.2 Å². The molecule has 4 nitrogen and oxygen atoms in total. The van der Waals surface area contributed by atoms with Crippen LogP contribution in [-0.2, 0) is 4.79 Å². The van der Waals surface area contributed by atoms with Crippen molar-refractivity contribution in [3.63, 3.8) is 0 Å². The van der Waals surface area contributed by atoms with E-state index in [-0.39, 0.29) is 5.91 Å². The number of benzene rings is 1. The fourth-order valence-electron chi connectivity index (χ4n) is 2.78. The SMILES string of the molecule is CN1CCC(CCNC(=O)C(C#N)c2ccccc2)CC1. The average molecular weight is 285 g/mol. The molecule has 1 fully saturated rings. The first-order valence-electron chi connectivity index (χ1n) is 7.61. The van der Waals surface area contributed by atoms with E-state index in [0.717, 1.165) is 25.1 Å². The van der Waals surface area contributed by atoms with E-state index in [1.165, 1.54) is 12.8 Å². The van der Waals surface area contributed by atoms with E-state index < -0.39 is 5.92 Å². The van der Waals surface area contributed by atoms with Crippen LogP contribution in [0.15, 0.2) is 30.3 Å². The van der Waals surface area contributed by atoms with Gasteiger partial charge in [-0.2, -0.15) is 5.26 Å². The predicted octanol–water partition coefficient (Wildman–Crippen LogP) is 2.14. The standard InChI is InChI=1S/C17H23N3O/c1-20-11-8-14(9-12-20)7-10-19-17(21)16(13-18)15-5-3-2-4-6-15/h2-6,14,16H,7-12H2,1H3,(H,19,21). The van der Waals surface area contributed by atoms with Gasteiger partial charge in [0.05, 0.1) is 6.07 Å². The maximum atomic E-state index is 12.1. The molecule has 1 saturated heterocycles. The van der Waals surface area contributed by atoms with E-state index in [9.17, 15) is 10.1 Å². The summed E-state index contributed by atoms with van der Waals surface area (Å²) >= 11 is 0. The molecule has 4 heteroatoms. The zero-order valence-electron chi connectivity index (χ0n) is 12.6. The van der Waals surface area contributed by atoms with Gasteiger partial charge in [0, 0.05) is 6.54 Å². The number of nitrogens with one attached hydrogen (secondary N) is 1. The Labute approximate surface area is 126 Å². The molecule has 0 spiro atoms. The minimum atomic E-state index is -0.705. The first-order valence-corrected chi connectivity index (χ1v) is 7.61. The molecule has 1 unspecified atom stereocenters. The molecule has 1 N–H and O–H groups in total. The van der Waals surface area contributed by atoms with Crippen LogP contribution in [0.5, 0.6) is 0 Å². The largest absolute Gasteiger partial charge is 0.355 e. The molecule has 0 aromatic heterocycles. The third-order valence-corrected chi connectivity index (χ3v) is 4.21. The zero-order valence-corrected chi connectivity index (χ0v) is 12.6. The van der Waals surface area contributed by atoms with Crippen LogP contribution in [0.3, 0.4) is 0 Å². The molecule has 1 aromatic carbocycles. The molecule has 21 heavy (non-hydrogen) atoms. The van der Waals surface area contributed by atoms with Crippen molar-refractivity contribution in [3.05, 3.63) is 35.9 Å². The Morgan fingerprint density at radius 2 is 2.05 bits per heavy atom. The second-order valence-corrected chi connectivity index (χ2v) is 5.80. The lowest BCUT2D eigenvalue weighted by Gasteiger charge is -2.28. The number of nitrogens with zero attached hydrogens (tertiary/aromatic N) is 2. The molecule has 1 atom stereocenters. The van der Waals surface area contributed by atoms with Crippen molar-refractivity contribution in [2.45, 2.75) is 25.2 Å². The summed E-state index contributed by atoms with van der Waals surface area (Å²) in [7, 11) is 2.15. The highest BCUT2D eigenvalue weighted by Crippen LogP contribution is 2.19. The normalized spacial score (nSPS) is 17.9. The van der Waals surface area contributed by atoms with Gasteiger partial charge >= 0.3 is 0 Å². The van der Waals surface area contributed by atoms with Gasteiger partial charge in [-0.3, -0.25) is 4.79 Å². The van der Waals surface area contributed by atoms with Crippen molar-refractivity contribution in [2.24, 2.45) is 5.92 Å². The summed E-state index contributed by atoms with van der Waals surface area (Å²) in [6.45, 7) is 2.95. The molecule has 2 rings (SSSR count). The molecule has 1 aromatic rings. The Morgan fingerprint density at radius 1 is 1.38 bits per heavy atom. The number of carbonyl (C=O) groups excluding carboxylic acids is 1. The van der Waals surface area contributed by atoms with Crippen molar-refractivity contribution < 1.29 is 4.79 Å². The Morgan fingerprint density at radius 3 is 2.67 bits per heavy atom. The maximum Gasteiger partial charge on any atom is 0.241 e. The summed E-state index contributed by atoms with van der Waals surface area (Å²) in [5.41, 5.74) is 0.761. The van der Waals surface area contributed by atoms with Crippen molar-refractivity contribution in [1.29, 1.82) is 5.26 Å². The lowest BCUT2D eigenvalue weighted by Crippen LogP contribution is -2.34. The fraction of sp³-hybridized carbons (Fsp3) is 0.529. The van der Waals surface area contributed by atoms with E-state index >= 15 is 0 Å². The molecule has 1 aliphatic heterocycles. The minimum absolute atomic E-state index is 0.184. The number of piperidine rings is 1. The van der Waals surface area contributed by atoms with Gasteiger partial charge < -0.3 is 10.2 Å². The van der Waals surface area contributed by atoms with Gasteiger partial charge in [-0.25, -0.2) is 0 Å². The third kappa shape index (κ3) is 4.57. The van der Waals surface area contributed by atoms with Crippen LogP contribution in [-0.4, -0.2) is 37.5 Å². The minimum Gasteiger partial charge on any atom is -0.355 e. The molecule has 112 valence electrons. The Bertz CT molecular complexity index is 487. The van der Waals surface area contributed by atoms with Gasteiger partial charge in [0.25, 0.3) is 0 Å². The quantitative estimate of drug-likeness (QED) is 0.902. The summed E-state index contributed by atoms with van der Waals surface area (Å²) in [6, 6.07) is 11.3. The van der Waals surface area contributed by atoms with Gasteiger partial charge in [-0.15, -0.1) is 0 Å². The van der Waals surface area contributed by atoms with Crippen LogP contribution in [0.2, 0.25) is 0 Å². The van der Waals surface area contributed by atoms with E-state index in [1.807, 2.05) is 30.3 Å². The first-order chi connectivity index (χ1) is 10.2. The van der Waals surface area contributed by atoms with Crippen molar-refractivity contribution >= 4 is 5.91 Å². The number of rotatable bonds is 5.